The Hall–Kier alpha value is -2.80. The van der Waals surface area contributed by atoms with Gasteiger partial charge in [-0.15, -0.1) is 5.11 Å². The van der Waals surface area contributed by atoms with Crippen molar-refractivity contribution < 1.29 is 0 Å². The molecular weight excluding hydrogens is 356 g/mol. The quantitative estimate of drug-likeness (QED) is 0.364. The second-order valence-corrected chi connectivity index (χ2v) is 5.80. The third-order valence-electron chi connectivity index (χ3n) is 3.30. The second kappa shape index (κ2) is 6.13. The van der Waals surface area contributed by atoms with E-state index in [-0.39, 0.29) is 5.84 Å². The number of nitrogen functional groups attached to an aromatic ring is 2. The van der Waals surface area contributed by atoms with Crippen LogP contribution in [0.3, 0.4) is 0 Å². The molecular formula is C16H13BrN6. The molecule has 0 bridgehead atoms. The number of nitrogens with zero attached hydrogens (tertiary/aromatic N) is 3. The van der Waals surface area contributed by atoms with Crippen molar-refractivity contribution in [3.8, 4) is 0 Å². The number of halogens is 1. The minimum atomic E-state index is 0.0153. The number of benzene rings is 2. The van der Waals surface area contributed by atoms with Crippen LogP contribution in [-0.4, -0.2) is 10.8 Å². The lowest BCUT2D eigenvalue weighted by molar-refractivity contribution is 1.22. The normalized spacial score (nSPS) is 11.2. The van der Waals surface area contributed by atoms with E-state index in [1.807, 2.05) is 18.2 Å². The number of azo groups is 1. The first kappa shape index (κ1) is 15.1. The zero-order valence-corrected chi connectivity index (χ0v) is 13.6. The number of fused-ring (bicyclic) bond motifs is 1. The van der Waals surface area contributed by atoms with Gasteiger partial charge in [-0.1, -0.05) is 22.0 Å². The molecule has 0 unspecified atom stereocenters. The summed E-state index contributed by atoms with van der Waals surface area (Å²) in [5.41, 5.74) is 13.2. The van der Waals surface area contributed by atoms with Crippen LogP contribution in [0.2, 0.25) is 0 Å². The number of pyridine rings is 1. The number of hydrogen-bond acceptors (Lipinski definition) is 5. The van der Waals surface area contributed by atoms with Crippen molar-refractivity contribution in [1.82, 2.24) is 4.98 Å². The lowest BCUT2D eigenvalue weighted by atomic mass is 10.1. The van der Waals surface area contributed by atoms with Crippen LogP contribution < -0.4 is 11.5 Å². The monoisotopic (exact) mass is 368 g/mol. The van der Waals surface area contributed by atoms with E-state index in [0.717, 1.165) is 15.2 Å². The Labute approximate surface area is 140 Å². The molecule has 2 aromatic carbocycles. The SMILES string of the molecule is N=C(N)c1ccc(/N=N/c2c(N)ncc3cc(Br)ccc23)cc1. The Morgan fingerprint density at radius 1 is 1.09 bits per heavy atom. The van der Waals surface area contributed by atoms with Gasteiger partial charge in [-0.05, 0) is 36.4 Å². The van der Waals surface area contributed by atoms with Crippen molar-refractivity contribution in [2.75, 3.05) is 5.73 Å². The van der Waals surface area contributed by atoms with E-state index in [1.54, 1.807) is 30.5 Å². The van der Waals surface area contributed by atoms with E-state index < -0.39 is 0 Å². The molecule has 5 N–H and O–H groups in total. The molecule has 0 atom stereocenters. The number of aromatic nitrogens is 1. The molecule has 0 radical (unpaired) electrons. The van der Waals surface area contributed by atoms with Crippen LogP contribution >= 0.6 is 15.9 Å². The van der Waals surface area contributed by atoms with Gasteiger partial charge in [0, 0.05) is 27.0 Å². The highest BCUT2D eigenvalue weighted by Crippen LogP contribution is 2.33. The topological polar surface area (TPSA) is 114 Å². The van der Waals surface area contributed by atoms with Crippen LogP contribution in [0.5, 0.6) is 0 Å². The van der Waals surface area contributed by atoms with Gasteiger partial charge >= 0.3 is 0 Å². The minimum Gasteiger partial charge on any atom is -0.384 e. The first-order valence-electron chi connectivity index (χ1n) is 6.74. The molecule has 0 aliphatic rings. The molecule has 7 heteroatoms. The maximum Gasteiger partial charge on any atom is 0.151 e. The summed E-state index contributed by atoms with van der Waals surface area (Å²) in [5, 5.41) is 17.6. The summed E-state index contributed by atoms with van der Waals surface area (Å²) < 4.78 is 0.958. The van der Waals surface area contributed by atoms with E-state index in [1.165, 1.54) is 0 Å². The lowest BCUT2D eigenvalue weighted by Gasteiger charge is -2.04. The molecule has 23 heavy (non-hydrogen) atoms. The van der Waals surface area contributed by atoms with Gasteiger partial charge in [0.15, 0.2) is 5.82 Å². The van der Waals surface area contributed by atoms with Gasteiger partial charge in [0.2, 0.25) is 0 Å². The maximum absolute atomic E-state index is 7.37. The number of anilines is 1. The highest BCUT2D eigenvalue weighted by molar-refractivity contribution is 9.10. The van der Waals surface area contributed by atoms with Crippen molar-refractivity contribution in [3.63, 3.8) is 0 Å². The predicted octanol–water partition coefficient (Wildman–Crippen LogP) is 4.28. The van der Waals surface area contributed by atoms with Gasteiger partial charge in [-0.2, -0.15) is 5.11 Å². The summed E-state index contributed by atoms with van der Waals surface area (Å²) in [6.07, 6.45) is 1.70. The molecule has 114 valence electrons. The van der Waals surface area contributed by atoms with Crippen molar-refractivity contribution in [1.29, 1.82) is 5.41 Å². The van der Waals surface area contributed by atoms with Crippen LogP contribution in [0.1, 0.15) is 5.56 Å². The fourth-order valence-corrected chi connectivity index (χ4v) is 2.49. The highest BCUT2D eigenvalue weighted by Gasteiger charge is 2.07. The fraction of sp³-hybridized carbons (Fsp3) is 0. The Morgan fingerprint density at radius 3 is 2.52 bits per heavy atom. The number of nitrogens with two attached hydrogens (primary N) is 2. The first-order chi connectivity index (χ1) is 11.0. The van der Waals surface area contributed by atoms with Gasteiger partial charge in [0.05, 0.1) is 5.69 Å². The number of nitrogens with one attached hydrogen (secondary N) is 1. The van der Waals surface area contributed by atoms with Crippen molar-refractivity contribution in [2.45, 2.75) is 0 Å². The highest BCUT2D eigenvalue weighted by atomic mass is 79.9. The van der Waals surface area contributed by atoms with Crippen LogP contribution in [0, 0.1) is 5.41 Å². The molecule has 3 aromatic rings. The third kappa shape index (κ3) is 3.19. The first-order valence-corrected chi connectivity index (χ1v) is 7.54. The van der Waals surface area contributed by atoms with Crippen LogP contribution in [0.25, 0.3) is 10.8 Å². The van der Waals surface area contributed by atoms with Crippen molar-refractivity contribution in [3.05, 3.63) is 58.7 Å². The van der Waals surface area contributed by atoms with E-state index in [0.29, 0.717) is 22.8 Å². The maximum atomic E-state index is 7.37. The average Bonchev–Trinajstić information content (AvgIpc) is 2.54. The minimum absolute atomic E-state index is 0.0153. The van der Waals surface area contributed by atoms with Gasteiger partial charge in [-0.25, -0.2) is 4.98 Å². The van der Waals surface area contributed by atoms with E-state index in [9.17, 15) is 0 Å². The fourth-order valence-electron chi connectivity index (χ4n) is 2.11. The Kier molecular flexibility index (Phi) is 4.03. The van der Waals surface area contributed by atoms with Gasteiger partial charge < -0.3 is 11.5 Å². The smallest absolute Gasteiger partial charge is 0.151 e. The van der Waals surface area contributed by atoms with Crippen molar-refractivity contribution in [2.24, 2.45) is 16.0 Å². The molecule has 0 aliphatic carbocycles. The van der Waals surface area contributed by atoms with Gasteiger partial charge in [0.25, 0.3) is 0 Å². The number of rotatable bonds is 3. The summed E-state index contributed by atoms with van der Waals surface area (Å²) in [5.74, 6) is 0.338. The summed E-state index contributed by atoms with van der Waals surface area (Å²) >= 11 is 3.43. The molecule has 0 saturated carbocycles. The molecule has 0 saturated heterocycles. The Bertz CT molecular complexity index is 918. The number of hydrogen-bond donors (Lipinski definition) is 3. The van der Waals surface area contributed by atoms with Crippen molar-refractivity contribution >= 4 is 49.7 Å². The summed E-state index contributed by atoms with van der Waals surface area (Å²) in [7, 11) is 0. The molecule has 3 rings (SSSR count). The molecule has 0 amide bonds. The molecule has 0 spiro atoms. The van der Waals surface area contributed by atoms with Crippen LogP contribution in [0.15, 0.2) is 63.4 Å². The molecule has 0 fully saturated rings. The summed E-state index contributed by atoms with van der Waals surface area (Å²) in [4.78, 5) is 4.16. The standard InChI is InChI=1S/C16H13BrN6/c17-11-3-6-13-10(7-11)8-21-16(20)14(13)23-22-12-4-1-9(2-5-12)15(18)19/h1-8H,(H3,18,19)(H2,20,21)/b23-22+. The zero-order valence-electron chi connectivity index (χ0n) is 12.0. The van der Waals surface area contributed by atoms with E-state index in [4.69, 9.17) is 16.9 Å². The third-order valence-corrected chi connectivity index (χ3v) is 3.79. The zero-order chi connectivity index (χ0) is 16.4. The second-order valence-electron chi connectivity index (χ2n) is 4.88. The largest absolute Gasteiger partial charge is 0.384 e. The summed E-state index contributed by atoms with van der Waals surface area (Å²) in [6, 6.07) is 12.7. The van der Waals surface area contributed by atoms with Gasteiger partial charge in [0.1, 0.15) is 11.5 Å². The Balaban J connectivity index is 2.00. The molecule has 1 aromatic heterocycles. The average molecular weight is 369 g/mol. The van der Waals surface area contributed by atoms with Crippen LogP contribution in [-0.2, 0) is 0 Å². The Morgan fingerprint density at radius 2 is 1.83 bits per heavy atom. The van der Waals surface area contributed by atoms with Gasteiger partial charge in [-0.3, -0.25) is 5.41 Å². The number of amidine groups is 1. The van der Waals surface area contributed by atoms with E-state index in [2.05, 4.69) is 31.1 Å². The summed E-state index contributed by atoms with van der Waals surface area (Å²) in [6.45, 7) is 0. The predicted molar refractivity (Wildman–Crippen MR) is 95.5 cm³/mol. The van der Waals surface area contributed by atoms with E-state index >= 15 is 0 Å². The molecule has 1 heterocycles. The lowest BCUT2D eigenvalue weighted by Crippen LogP contribution is -2.10. The van der Waals surface area contributed by atoms with Crippen LogP contribution in [0.4, 0.5) is 17.2 Å². The molecule has 6 nitrogen and oxygen atoms in total. The molecule has 0 aliphatic heterocycles.